The smallest absolute Gasteiger partial charge is 0.159 e. The van der Waals surface area contributed by atoms with Gasteiger partial charge in [0.15, 0.2) is 5.84 Å². The first-order valence-electron chi connectivity index (χ1n) is 4.44. The van der Waals surface area contributed by atoms with Gasteiger partial charge in [-0.25, -0.2) is 0 Å². The first-order chi connectivity index (χ1) is 6.79. The number of aromatic nitrogens is 1. The molecule has 0 unspecified atom stereocenters. The largest absolute Gasteiger partial charge is 0.358 e. The Kier molecular flexibility index (Phi) is 3.79. The average Bonchev–Trinajstić information content (AvgIpc) is 2.26. The molecule has 0 aromatic carbocycles. The maximum absolute atomic E-state index is 4.03. The maximum atomic E-state index is 4.03. The van der Waals surface area contributed by atoms with Crippen LogP contribution in [0, 0.1) is 0 Å². The van der Waals surface area contributed by atoms with Gasteiger partial charge in [-0.3, -0.25) is 4.98 Å². The van der Waals surface area contributed by atoms with Crippen molar-refractivity contribution in [1.82, 2.24) is 9.88 Å². The predicted octanol–water partition coefficient (Wildman–Crippen LogP) is 1.40. The molecule has 1 heterocycles. The van der Waals surface area contributed by atoms with E-state index in [2.05, 4.69) is 28.8 Å². The zero-order valence-electron chi connectivity index (χ0n) is 8.51. The second kappa shape index (κ2) is 5.11. The minimum atomic E-state index is 0.788. The van der Waals surface area contributed by atoms with Gasteiger partial charge >= 0.3 is 0 Å². The second-order valence-corrected chi connectivity index (χ2v) is 2.82. The molecule has 1 rings (SSSR count). The molecule has 1 aromatic heterocycles. The Morgan fingerprint density at radius 3 is 2.93 bits per heavy atom. The Bertz CT molecular complexity index is 318. The van der Waals surface area contributed by atoms with Gasteiger partial charge in [-0.2, -0.15) is 5.10 Å². The van der Waals surface area contributed by atoms with Crippen LogP contribution in [0.4, 0.5) is 0 Å². The van der Waals surface area contributed by atoms with Crippen molar-refractivity contribution in [1.29, 1.82) is 0 Å². The summed E-state index contributed by atoms with van der Waals surface area (Å²) in [5.74, 6) is 0.788. The summed E-state index contributed by atoms with van der Waals surface area (Å²) in [5, 5.41) is 7.53. The Hall–Kier alpha value is -1.71. The molecule has 0 amide bonds. The van der Waals surface area contributed by atoms with E-state index in [9.17, 15) is 0 Å². The summed E-state index contributed by atoms with van der Waals surface area (Å²) < 4.78 is 0. The van der Waals surface area contributed by atoms with Crippen LogP contribution in [0.2, 0.25) is 0 Å². The fourth-order valence-corrected chi connectivity index (χ4v) is 1.07. The number of rotatable bonds is 3. The third kappa shape index (κ3) is 2.39. The number of hydrogen-bond donors (Lipinski definition) is 0. The third-order valence-corrected chi connectivity index (χ3v) is 1.92. The molecule has 14 heavy (non-hydrogen) atoms. The molecule has 0 saturated carbocycles. The van der Waals surface area contributed by atoms with E-state index < -0.39 is 0 Å². The number of pyridine rings is 1. The molecule has 0 radical (unpaired) electrons. The molecule has 1 aromatic rings. The van der Waals surface area contributed by atoms with Crippen molar-refractivity contribution in [2.24, 2.45) is 10.2 Å². The van der Waals surface area contributed by atoms with E-state index in [-0.39, 0.29) is 0 Å². The third-order valence-electron chi connectivity index (χ3n) is 1.92. The molecule has 4 heteroatoms. The lowest BCUT2D eigenvalue weighted by molar-refractivity contribution is 0.534. The van der Waals surface area contributed by atoms with E-state index in [0.29, 0.717) is 0 Å². The molecule has 0 aliphatic rings. The standard InChI is InChI=1S/C10H14N4/c1-4-14(3)10(13-11-2)9-6-5-7-12-8-9/h5-8H,2,4H2,1,3H3/b13-10-. The van der Waals surface area contributed by atoms with E-state index in [4.69, 9.17) is 0 Å². The first kappa shape index (κ1) is 10.4. The minimum Gasteiger partial charge on any atom is -0.358 e. The van der Waals surface area contributed by atoms with Gasteiger partial charge < -0.3 is 4.90 Å². The quantitative estimate of drug-likeness (QED) is 0.410. The molecular formula is C10H14N4. The van der Waals surface area contributed by atoms with E-state index >= 15 is 0 Å². The van der Waals surface area contributed by atoms with Crippen LogP contribution in [-0.2, 0) is 0 Å². The van der Waals surface area contributed by atoms with Crippen LogP contribution < -0.4 is 0 Å². The highest BCUT2D eigenvalue weighted by atomic mass is 15.3. The Balaban J connectivity index is 3.01. The molecule has 0 spiro atoms. The zero-order valence-corrected chi connectivity index (χ0v) is 8.51. The summed E-state index contributed by atoms with van der Waals surface area (Å²) in [6, 6.07) is 3.82. The monoisotopic (exact) mass is 190 g/mol. The van der Waals surface area contributed by atoms with E-state index in [1.165, 1.54) is 0 Å². The molecule has 0 bridgehead atoms. The van der Waals surface area contributed by atoms with Crippen LogP contribution in [0.15, 0.2) is 34.7 Å². The van der Waals surface area contributed by atoms with E-state index in [1.54, 1.807) is 12.4 Å². The number of nitrogens with zero attached hydrogens (tertiary/aromatic N) is 4. The number of hydrogen-bond acceptors (Lipinski definition) is 3. The van der Waals surface area contributed by atoms with Crippen LogP contribution in [0.3, 0.4) is 0 Å². The van der Waals surface area contributed by atoms with Gasteiger partial charge in [0.25, 0.3) is 0 Å². The average molecular weight is 190 g/mol. The van der Waals surface area contributed by atoms with Crippen molar-refractivity contribution in [2.75, 3.05) is 13.6 Å². The van der Waals surface area contributed by atoms with Crippen molar-refractivity contribution in [3.63, 3.8) is 0 Å². The summed E-state index contributed by atoms with van der Waals surface area (Å²) >= 11 is 0. The summed E-state index contributed by atoms with van der Waals surface area (Å²) in [7, 11) is 1.96. The van der Waals surface area contributed by atoms with Crippen LogP contribution >= 0.6 is 0 Å². The van der Waals surface area contributed by atoms with Crippen LogP contribution in [-0.4, -0.2) is 36.0 Å². The van der Waals surface area contributed by atoms with Gasteiger partial charge in [-0.05, 0) is 19.1 Å². The second-order valence-electron chi connectivity index (χ2n) is 2.82. The van der Waals surface area contributed by atoms with E-state index in [0.717, 1.165) is 17.9 Å². The summed E-state index contributed by atoms with van der Waals surface area (Å²) in [6.45, 7) is 6.27. The van der Waals surface area contributed by atoms with Gasteiger partial charge in [0.1, 0.15) is 0 Å². The first-order valence-corrected chi connectivity index (χ1v) is 4.44. The maximum Gasteiger partial charge on any atom is 0.159 e. The molecule has 74 valence electrons. The lowest BCUT2D eigenvalue weighted by atomic mass is 10.2. The fraction of sp³-hybridized carbons (Fsp3) is 0.300. The normalized spacial score (nSPS) is 11.1. The lowest BCUT2D eigenvalue weighted by Crippen LogP contribution is -2.27. The Morgan fingerprint density at radius 2 is 2.43 bits per heavy atom. The van der Waals surface area contributed by atoms with Gasteiger partial charge in [-0.15, -0.1) is 5.10 Å². The van der Waals surface area contributed by atoms with Crippen molar-refractivity contribution in [3.8, 4) is 0 Å². The van der Waals surface area contributed by atoms with Crippen molar-refractivity contribution in [2.45, 2.75) is 6.92 Å². The lowest BCUT2D eigenvalue weighted by Gasteiger charge is -2.17. The summed E-state index contributed by atoms with van der Waals surface area (Å²) in [5.41, 5.74) is 0.948. The molecule has 0 fully saturated rings. The van der Waals surface area contributed by atoms with Gasteiger partial charge in [0, 0.05) is 38.3 Å². The topological polar surface area (TPSA) is 40.9 Å². The molecule has 0 atom stereocenters. The summed E-state index contributed by atoms with van der Waals surface area (Å²) in [6.07, 6.45) is 3.49. The predicted molar refractivity (Wildman–Crippen MR) is 58.6 cm³/mol. The summed E-state index contributed by atoms with van der Waals surface area (Å²) in [4.78, 5) is 6.03. The fourth-order valence-electron chi connectivity index (χ4n) is 1.07. The Morgan fingerprint density at radius 1 is 1.64 bits per heavy atom. The molecule has 0 N–H and O–H groups in total. The molecular weight excluding hydrogens is 176 g/mol. The van der Waals surface area contributed by atoms with Crippen LogP contribution in [0.1, 0.15) is 12.5 Å². The van der Waals surface area contributed by atoms with Gasteiger partial charge in [0.05, 0.1) is 0 Å². The SMILES string of the molecule is C=N/N=C(/c1cccnc1)N(C)CC. The molecule has 0 aliphatic carbocycles. The van der Waals surface area contributed by atoms with Crippen LogP contribution in [0.5, 0.6) is 0 Å². The minimum absolute atomic E-state index is 0.788. The zero-order chi connectivity index (χ0) is 10.4. The molecule has 0 aliphatic heterocycles. The molecule has 4 nitrogen and oxygen atoms in total. The number of amidine groups is 1. The van der Waals surface area contributed by atoms with Crippen LogP contribution in [0.25, 0.3) is 0 Å². The highest BCUT2D eigenvalue weighted by Crippen LogP contribution is 2.02. The Labute approximate surface area is 84.0 Å². The molecule has 0 saturated heterocycles. The van der Waals surface area contributed by atoms with Gasteiger partial charge in [-0.1, -0.05) is 0 Å². The van der Waals surface area contributed by atoms with Gasteiger partial charge in [0.2, 0.25) is 0 Å². The highest BCUT2D eigenvalue weighted by molar-refractivity contribution is 5.98. The van der Waals surface area contributed by atoms with E-state index in [1.807, 2.05) is 24.1 Å². The van der Waals surface area contributed by atoms with Crippen molar-refractivity contribution >= 4 is 12.6 Å². The van der Waals surface area contributed by atoms with Crippen molar-refractivity contribution in [3.05, 3.63) is 30.1 Å². The van der Waals surface area contributed by atoms with Crippen molar-refractivity contribution < 1.29 is 0 Å². The highest BCUT2D eigenvalue weighted by Gasteiger charge is 2.07.